The normalized spacial score (nSPS) is 13.9. The molecule has 3 atom stereocenters. The van der Waals surface area contributed by atoms with Crippen molar-refractivity contribution < 1.29 is 29.1 Å². The van der Waals surface area contributed by atoms with E-state index in [-0.39, 0.29) is 11.5 Å². The Labute approximate surface area is 154 Å². The van der Waals surface area contributed by atoms with E-state index >= 15 is 0 Å². The molecule has 0 aliphatic heterocycles. The molecular formula is C12H21N5O6S2. The van der Waals surface area contributed by atoms with Crippen LogP contribution in [0.1, 0.15) is 6.42 Å². The fourth-order valence-electron chi connectivity index (χ4n) is 1.52. The van der Waals surface area contributed by atoms with Gasteiger partial charge in [0.05, 0.1) is 12.5 Å². The standard InChI is InChI=1S/C12H21N5O6S2/c13-5(3-24)10(21)16-6(1-8(14)18)12(23)17-7(4-25)11(22)15-2-9(19)20/h5-7,24-25H,1-4,13H2,(H2,14,18)(H,15,22)(H,16,21)(H,17,23)(H,19,20). The van der Waals surface area contributed by atoms with Crippen molar-refractivity contribution in [2.75, 3.05) is 18.1 Å². The molecule has 0 heterocycles. The molecule has 8 N–H and O–H groups in total. The van der Waals surface area contributed by atoms with Crippen molar-refractivity contribution in [2.24, 2.45) is 11.5 Å². The molecule has 0 saturated carbocycles. The van der Waals surface area contributed by atoms with Gasteiger partial charge in [0.15, 0.2) is 0 Å². The van der Waals surface area contributed by atoms with Gasteiger partial charge in [0, 0.05) is 11.5 Å². The molecule has 0 radical (unpaired) electrons. The van der Waals surface area contributed by atoms with Gasteiger partial charge < -0.3 is 32.5 Å². The molecule has 0 aromatic rings. The van der Waals surface area contributed by atoms with Gasteiger partial charge in [0.1, 0.15) is 18.6 Å². The first kappa shape index (κ1) is 23.0. The van der Waals surface area contributed by atoms with Crippen molar-refractivity contribution in [1.82, 2.24) is 16.0 Å². The highest BCUT2D eigenvalue weighted by molar-refractivity contribution is 7.80. The first-order valence-electron chi connectivity index (χ1n) is 6.98. The van der Waals surface area contributed by atoms with Crippen LogP contribution in [-0.4, -0.2) is 70.9 Å². The van der Waals surface area contributed by atoms with Crippen LogP contribution in [0.2, 0.25) is 0 Å². The minimum Gasteiger partial charge on any atom is -0.480 e. The van der Waals surface area contributed by atoms with Crippen molar-refractivity contribution in [3.05, 3.63) is 0 Å². The first-order chi connectivity index (χ1) is 11.6. The molecule has 3 unspecified atom stereocenters. The third-order valence-corrected chi connectivity index (χ3v) is 3.56. The highest BCUT2D eigenvalue weighted by Gasteiger charge is 2.28. The summed E-state index contributed by atoms with van der Waals surface area (Å²) >= 11 is 7.75. The summed E-state index contributed by atoms with van der Waals surface area (Å²) in [6.45, 7) is -0.642. The second-order valence-corrected chi connectivity index (χ2v) is 5.61. The van der Waals surface area contributed by atoms with E-state index in [1.807, 2.05) is 0 Å². The summed E-state index contributed by atoms with van der Waals surface area (Å²) in [5, 5.41) is 15.1. The van der Waals surface area contributed by atoms with Crippen molar-refractivity contribution >= 4 is 54.9 Å². The minimum atomic E-state index is -1.36. The van der Waals surface area contributed by atoms with Crippen LogP contribution in [0.5, 0.6) is 0 Å². The number of nitrogens with one attached hydrogen (secondary N) is 3. The summed E-state index contributed by atoms with van der Waals surface area (Å²) in [5.41, 5.74) is 10.5. The van der Waals surface area contributed by atoms with Crippen molar-refractivity contribution in [2.45, 2.75) is 24.5 Å². The van der Waals surface area contributed by atoms with Crippen molar-refractivity contribution in [3.8, 4) is 0 Å². The zero-order chi connectivity index (χ0) is 19.6. The van der Waals surface area contributed by atoms with E-state index < -0.39 is 60.7 Å². The summed E-state index contributed by atoms with van der Waals surface area (Å²) < 4.78 is 0. The quantitative estimate of drug-likeness (QED) is 0.164. The second-order valence-electron chi connectivity index (χ2n) is 4.88. The summed E-state index contributed by atoms with van der Waals surface area (Å²) in [5.74, 6) is -4.66. The lowest BCUT2D eigenvalue weighted by atomic mass is 10.1. The van der Waals surface area contributed by atoms with Gasteiger partial charge in [-0.15, -0.1) is 0 Å². The SMILES string of the molecule is NC(=O)CC(NC(=O)C(N)CS)C(=O)NC(CS)C(=O)NCC(=O)O. The summed E-state index contributed by atoms with van der Waals surface area (Å²) in [6, 6.07) is -3.54. The fourth-order valence-corrected chi connectivity index (χ4v) is 1.95. The number of carbonyl (C=O) groups excluding carboxylic acids is 4. The zero-order valence-corrected chi connectivity index (χ0v) is 14.9. The lowest BCUT2D eigenvalue weighted by Gasteiger charge is -2.22. The maximum atomic E-state index is 12.2. The number of carboxylic acid groups (broad SMARTS) is 1. The van der Waals surface area contributed by atoms with Crippen LogP contribution in [0, 0.1) is 0 Å². The van der Waals surface area contributed by atoms with Gasteiger partial charge in [-0.05, 0) is 0 Å². The van der Waals surface area contributed by atoms with Gasteiger partial charge in [-0.3, -0.25) is 24.0 Å². The molecule has 0 rings (SSSR count). The van der Waals surface area contributed by atoms with E-state index in [1.165, 1.54) is 0 Å². The lowest BCUT2D eigenvalue weighted by molar-refractivity contribution is -0.138. The fraction of sp³-hybridized carbons (Fsp3) is 0.583. The molecule has 142 valence electrons. The third-order valence-electron chi connectivity index (χ3n) is 2.80. The Balaban J connectivity index is 4.97. The monoisotopic (exact) mass is 395 g/mol. The number of hydrogen-bond donors (Lipinski definition) is 8. The molecule has 0 bridgehead atoms. The lowest BCUT2D eigenvalue weighted by Crippen LogP contribution is -2.57. The zero-order valence-electron chi connectivity index (χ0n) is 13.1. The van der Waals surface area contributed by atoms with Crippen LogP contribution in [0.4, 0.5) is 0 Å². The molecule has 11 nitrogen and oxygen atoms in total. The molecule has 0 aliphatic rings. The van der Waals surface area contributed by atoms with E-state index in [2.05, 4.69) is 41.2 Å². The predicted molar refractivity (Wildman–Crippen MR) is 94.0 cm³/mol. The number of carboxylic acids is 1. The summed E-state index contributed by atoms with van der Waals surface area (Å²) in [6.07, 6.45) is -0.521. The van der Waals surface area contributed by atoms with Crippen LogP contribution in [-0.2, 0) is 24.0 Å². The Hall–Kier alpha value is -1.99. The number of rotatable bonds is 11. The van der Waals surface area contributed by atoms with E-state index in [4.69, 9.17) is 16.6 Å². The largest absolute Gasteiger partial charge is 0.480 e. The number of carbonyl (C=O) groups is 5. The number of amides is 4. The van der Waals surface area contributed by atoms with Crippen LogP contribution >= 0.6 is 25.3 Å². The number of aliphatic carboxylic acids is 1. The number of primary amides is 1. The van der Waals surface area contributed by atoms with Crippen molar-refractivity contribution in [1.29, 1.82) is 0 Å². The molecule has 4 amide bonds. The molecule has 0 aromatic heterocycles. The highest BCUT2D eigenvalue weighted by atomic mass is 32.1. The van der Waals surface area contributed by atoms with E-state index in [0.29, 0.717) is 0 Å². The molecule has 25 heavy (non-hydrogen) atoms. The molecular weight excluding hydrogens is 374 g/mol. The Morgan fingerprint density at radius 1 is 0.920 bits per heavy atom. The minimum absolute atomic E-state index is 0.00754. The average molecular weight is 395 g/mol. The number of hydrogen-bond acceptors (Lipinski definition) is 8. The van der Waals surface area contributed by atoms with E-state index in [9.17, 15) is 24.0 Å². The Morgan fingerprint density at radius 3 is 1.92 bits per heavy atom. The summed E-state index contributed by atoms with van der Waals surface area (Å²) in [4.78, 5) is 57.3. The molecule has 0 saturated heterocycles. The molecule has 0 aromatic carbocycles. The van der Waals surface area contributed by atoms with Gasteiger partial charge in [-0.2, -0.15) is 25.3 Å². The smallest absolute Gasteiger partial charge is 0.322 e. The topological polar surface area (TPSA) is 194 Å². The Morgan fingerprint density at radius 2 is 1.48 bits per heavy atom. The van der Waals surface area contributed by atoms with Crippen LogP contribution in [0.3, 0.4) is 0 Å². The maximum Gasteiger partial charge on any atom is 0.322 e. The molecule has 0 fully saturated rings. The van der Waals surface area contributed by atoms with Crippen LogP contribution in [0.15, 0.2) is 0 Å². The molecule has 0 aliphatic carbocycles. The van der Waals surface area contributed by atoms with Gasteiger partial charge in [-0.1, -0.05) is 0 Å². The number of nitrogens with two attached hydrogens (primary N) is 2. The Kier molecular flexibility index (Phi) is 10.6. The number of thiol groups is 2. The predicted octanol–water partition coefficient (Wildman–Crippen LogP) is -3.78. The van der Waals surface area contributed by atoms with Crippen molar-refractivity contribution in [3.63, 3.8) is 0 Å². The second kappa shape index (κ2) is 11.5. The highest BCUT2D eigenvalue weighted by Crippen LogP contribution is 1.97. The maximum absolute atomic E-state index is 12.2. The van der Waals surface area contributed by atoms with Crippen LogP contribution in [0.25, 0.3) is 0 Å². The Bertz CT molecular complexity index is 532. The van der Waals surface area contributed by atoms with Gasteiger partial charge in [0.2, 0.25) is 23.6 Å². The average Bonchev–Trinajstić information content (AvgIpc) is 2.55. The summed E-state index contributed by atoms with van der Waals surface area (Å²) in [7, 11) is 0. The molecule has 0 spiro atoms. The first-order valence-corrected chi connectivity index (χ1v) is 8.24. The van der Waals surface area contributed by atoms with E-state index in [1.54, 1.807) is 0 Å². The van der Waals surface area contributed by atoms with E-state index in [0.717, 1.165) is 0 Å². The van der Waals surface area contributed by atoms with Gasteiger partial charge in [0.25, 0.3) is 0 Å². The van der Waals surface area contributed by atoms with Crippen LogP contribution < -0.4 is 27.4 Å². The van der Waals surface area contributed by atoms with Gasteiger partial charge in [-0.25, -0.2) is 0 Å². The molecule has 13 heteroatoms. The third kappa shape index (κ3) is 9.16. The van der Waals surface area contributed by atoms with Gasteiger partial charge >= 0.3 is 5.97 Å².